The smallest absolute Gasteiger partial charge is 0.0622 e. The Kier molecular flexibility index (Phi) is 10.5. The first-order valence-electron chi connectivity index (χ1n) is 9.43. The molecule has 0 heterocycles. The van der Waals surface area contributed by atoms with Crippen LogP contribution in [-0.4, -0.2) is 13.3 Å². The summed E-state index contributed by atoms with van der Waals surface area (Å²) in [7, 11) is -0.342. The summed E-state index contributed by atoms with van der Waals surface area (Å²) in [6.07, 6.45) is 0. The Morgan fingerprint density at radius 1 is 0.345 bits per heavy atom. The Balaban J connectivity index is 0.000000200. The van der Waals surface area contributed by atoms with Gasteiger partial charge in [0, 0.05) is 0 Å². The van der Waals surface area contributed by atoms with Gasteiger partial charge in [-0.3, -0.25) is 0 Å². The number of hydrogen-bond acceptors (Lipinski definition) is 0. The molecule has 0 saturated carbocycles. The third-order valence-corrected chi connectivity index (χ3v) is 8.86. The van der Waals surface area contributed by atoms with Crippen molar-refractivity contribution in [2.45, 2.75) is 0 Å². The second kappa shape index (κ2) is 12.8. The van der Waals surface area contributed by atoms with Gasteiger partial charge in [-0.25, -0.2) is 0 Å². The zero-order chi connectivity index (χ0) is 19.6. The van der Waals surface area contributed by atoms with E-state index in [1.54, 1.807) is 0 Å². The fourth-order valence-electron chi connectivity index (χ4n) is 2.90. The molecule has 146 valence electrons. The van der Waals surface area contributed by atoms with Crippen molar-refractivity contribution < 1.29 is 19.5 Å². The molecule has 0 atom stereocenters. The van der Waals surface area contributed by atoms with Crippen molar-refractivity contribution in [1.29, 1.82) is 0 Å². The Hall–Kier alpha value is -1.64. The summed E-state index contributed by atoms with van der Waals surface area (Å²) in [5.41, 5.74) is 0. The molecule has 0 spiro atoms. The van der Waals surface area contributed by atoms with Gasteiger partial charge in [0.15, 0.2) is 0 Å². The Morgan fingerprint density at radius 2 is 0.517 bits per heavy atom. The standard InChI is InChI=1S/2C13H13P.Ru/c2*1-14(12-8-4-2-5-9-12)13-10-6-3-7-11-13;/h2*2-11H,1H3;/q;;+2. The van der Waals surface area contributed by atoms with E-state index < -0.39 is 0 Å². The first kappa shape index (κ1) is 23.6. The molecular formula is C26H26P2Ru+2. The largest absolute Gasteiger partial charge is 2.00 e. The Bertz CT molecular complexity index is 769. The van der Waals surface area contributed by atoms with Crippen molar-refractivity contribution in [1.82, 2.24) is 0 Å². The average molecular weight is 502 g/mol. The summed E-state index contributed by atoms with van der Waals surface area (Å²) in [4.78, 5) is 0. The topological polar surface area (TPSA) is 0 Å². The number of hydrogen-bond donors (Lipinski definition) is 0. The van der Waals surface area contributed by atoms with Gasteiger partial charge in [0.2, 0.25) is 0 Å². The maximum atomic E-state index is 2.31. The summed E-state index contributed by atoms with van der Waals surface area (Å²) < 4.78 is 0. The molecule has 0 N–H and O–H groups in total. The van der Waals surface area contributed by atoms with Gasteiger partial charge in [0.05, 0.1) is 0 Å². The van der Waals surface area contributed by atoms with Crippen molar-refractivity contribution >= 4 is 37.1 Å². The summed E-state index contributed by atoms with van der Waals surface area (Å²) in [5, 5.41) is 5.75. The van der Waals surface area contributed by atoms with Crippen LogP contribution in [0.1, 0.15) is 0 Å². The molecule has 4 aromatic rings. The van der Waals surface area contributed by atoms with Crippen LogP contribution in [0.25, 0.3) is 0 Å². The van der Waals surface area contributed by atoms with Crippen LogP contribution in [0.5, 0.6) is 0 Å². The van der Waals surface area contributed by atoms with Gasteiger partial charge >= 0.3 is 19.5 Å². The van der Waals surface area contributed by atoms with Crippen LogP contribution in [0.2, 0.25) is 0 Å². The minimum Gasteiger partial charge on any atom is -0.0622 e. The maximum Gasteiger partial charge on any atom is 2.00 e. The van der Waals surface area contributed by atoms with Gasteiger partial charge in [-0.1, -0.05) is 121 Å². The van der Waals surface area contributed by atoms with Gasteiger partial charge < -0.3 is 0 Å². The first-order chi connectivity index (χ1) is 13.8. The molecule has 4 aromatic carbocycles. The summed E-state index contributed by atoms with van der Waals surface area (Å²) >= 11 is 0. The zero-order valence-electron chi connectivity index (χ0n) is 16.8. The van der Waals surface area contributed by atoms with E-state index in [1.165, 1.54) is 21.2 Å². The summed E-state index contributed by atoms with van der Waals surface area (Å²) in [6.45, 7) is 4.61. The number of benzene rings is 4. The normalized spacial score (nSPS) is 10.1. The molecule has 0 amide bonds. The minimum absolute atomic E-state index is 0. The quantitative estimate of drug-likeness (QED) is 0.256. The molecule has 29 heavy (non-hydrogen) atoms. The van der Waals surface area contributed by atoms with E-state index in [9.17, 15) is 0 Å². The molecule has 0 aliphatic carbocycles. The maximum absolute atomic E-state index is 2.31. The van der Waals surface area contributed by atoms with E-state index in [1.807, 2.05) is 0 Å². The van der Waals surface area contributed by atoms with E-state index in [4.69, 9.17) is 0 Å². The van der Waals surface area contributed by atoms with E-state index in [-0.39, 0.29) is 35.3 Å². The Morgan fingerprint density at radius 3 is 0.690 bits per heavy atom. The molecule has 0 aliphatic rings. The van der Waals surface area contributed by atoms with Crippen LogP contribution in [0.15, 0.2) is 121 Å². The SMILES string of the molecule is CP(c1ccccc1)c1ccccc1.CP(c1ccccc1)c1ccccc1.[Ru+2]. The van der Waals surface area contributed by atoms with Crippen LogP contribution in [0.4, 0.5) is 0 Å². The third kappa shape index (κ3) is 7.28. The molecule has 3 heteroatoms. The van der Waals surface area contributed by atoms with Crippen molar-refractivity contribution in [3.8, 4) is 0 Å². The predicted octanol–water partition coefficient (Wildman–Crippen LogP) is 5.50. The van der Waals surface area contributed by atoms with Gasteiger partial charge in [-0.15, -0.1) is 0 Å². The van der Waals surface area contributed by atoms with Crippen LogP contribution in [0, 0.1) is 0 Å². The fourth-order valence-corrected chi connectivity index (χ4v) is 5.98. The van der Waals surface area contributed by atoms with Gasteiger partial charge in [-0.05, 0) is 50.4 Å². The molecule has 0 aromatic heterocycles. The van der Waals surface area contributed by atoms with E-state index in [2.05, 4.69) is 135 Å². The molecule has 0 saturated heterocycles. The van der Waals surface area contributed by atoms with Gasteiger partial charge in [0.25, 0.3) is 0 Å². The van der Waals surface area contributed by atoms with E-state index in [0.29, 0.717) is 0 Å². The monoisotopic (exact) mass is 502 g/mol. The molecule has 0 unspecified atom stereocenters. The van der Waals surface area contributed by atoms with Crippen molar-refractivity contribution in [3.05, 3.63) is 121 Å². The predicted molar refractivity (Wildman–Crippen MR) is 130 cm³/mol. The van der Waals surface area contributed by atoms with Gasteiger partial charge in [0.1, 0.15) is 0 Å². The molecule has 0 bridgehead atoms. The third-order valence-electron chi connectivity index (χ3n) is 4.57. The molecule has 0 nitrogen and oxygen atoms in total. The average Bonchev–Trinajstić information content (AvgIpc) is 2.81. The van der Waals surface area contributed by atoms with Crippen molar-refractivity contribution in [2.24, 2.45) is 0 Å². The Labute approximate surface area is 190 Å². The van der Waals surface area contributed by atoms with Crippen LogP contribution in [0.3, 0.4) is 0 Å². The summed E-state index contributed by atoms with van der Waals surface area (Å²) in [6, 6.07) is 42.8. The minimum atomic E-state index is -0.171. The van der Waals surface area contributed by atoms with Crippen LogP contribution < -0.4 is 21.2 Å². The van der Waals surface area contributed by atoms with E-state index >= 15 is 0 Å². The molecule has 0 fully saturated rings. The first-order valence-corrected chi connectivity index (χ1v) is 13.0. The molecular weight excluding hydrogens is 475 g/mol. The summed E-state index contributed by atoms with van der Waals surface area (Å²) in [5.74, 6) is 0. The second-order valence-corrected chi connectivity index (χ2v) is 10.8. The molecule has 0 radical (unpaired) electrons. The fraction of sp³-hybridized carbons (Fsp3) is 0.0769. The van der Waals surface area contributed by atoms with Gasteiger partial charge in [-0.2, -0.15) is 0 Å². The zero-order valence-corrected chi connectivity index (χ0v) is 20.3. The van der Waals surface area contributed by atoms with Crippen molar-refractivity contribution in [3.63, 3.8) is 0 Å². The second-order valence-electron chi connectivity index (χ2n) is 6.46. The molecule has 0 aliphatic heterocycles. The van der Waals surface area contributed by atoms with E-state index in [0.717, 1.165) is 0 Å². The van der Waals surface area contributed by atoms with Crippen LogP contribution in [-0.2, 0) is 19.5 Å². The molecule has 4 rings (SSSR count). The van der Waals surface area contributed by atoms with Crippen LogP contribution >= 0.6 is 15.8 Å². The number of rotatable bonds is 4. The van der Waals surface area contributed by atoms with Crippen molar-refractivity contribution in [2.75, 3.05) is 13.3 Å².